The largest absolute Gasteiger partial charge is 0.494 e. The molecule has 30 heavy (non-hydrogen) atoms. The zero-order valence-corrected chi connectivity index (χ0v) is 17.5. The predicted octanol–water partition coefficient (Wildman–Crippen LogP) is 3.37. The minimum Gasteiger partial charge on any atom is -0.494 e. The van der Waals surface area contributed by atoms with Crippen molar-refractivity contribution in [3.63, 3.8) is 0 Å². The first-order chi connectivity index (χ1) is 14.1. The molecular formula is C20H23F2N3O4S. The Labute approximate surface area is 174 Å². The van der Waals surface area contributed by atoms with E-state index in [0.717, 1.165) is 6.26 Å². The summed E-state index contributed by atoms with van der Waals surface area (Å²) in [6.07, 6.45) is 3.42. The molecule has 0 bridgehead atoms. The number of ether oxygens (including phenoxy) is 1. The van der Waals surface area contributed by atoms with Gasteiger partial charge in [-0.3, -0.25) is 9.78 Å². The van der Waals surface area contributed by atoms with Crippen LogP contribution < -0.4 is 15.0 Å². The van der Waals surface area contributed by atoms with Gasteiger partial charge < -0.3 is 15.0 Å². The standard InChI is InChI=1S/C20H23F2N3O4S/c1-29-15-6-7-16(30(2,27)28)18(25-11-4-8-20(21,22)9-12-25)17(15)24-19(26)14-5-3-10-23-13-14/h3,5-7,10,13H,4,8-9,11-12H2,1-2H3,(H,24,26). The fourth-order valence-electron chi connectivity index (χ4n) is 3.43. The van der Waals surface area contributed by atoms with Crippen LogP contribution in [0.2, 0.25) is 0 Å². The summed E-state index contributed by atoms with van der Waals surface area (Å²) in [5, 5.41) is 2.70. The third-order valence-electron chi connectivity index (χ3n) is 4.92. The molecule has 0 spiro atoms. The normalized spacial score (nSPS) is 16.6. The molecule has 1 aliphatic heterocycles. The number of amides is 1. The summed E-state index contributed by atoms with van der Waals surface area (Å²) in [7, 11) is -2.34. The molecule has 7 nitrogen and oxygen atoms in total. The fourth-order valence-corrected chi connectivity index (χ4v) is 4.33. The third kappa shape index (κ3) is 4.86. The summed E-state index contributed by atoms with van der Waals surface area (Å²) in [6.45, 7) is 0.166. The van der Waals surface area contributed by atoms with Crippen LogP contribution in [-0.4, -0.2) is 51.7 Å². The number of nitrogens with zero attached hydrogens (tertiary/aromatic N) is 2. The van der Waals surface area contributed by atoms with Crippen LogP contribution >= 0.6 is 0 Å². The quantitative estimate of drug-likeness (QED) is 0.769. The molecule has 0 radical (unpaired) electrons. The zero-order chi connectivity index (χ0) is 21.9. The molecule has 1 amide bonds. The molecule has 0 unspecified atom stereocenters. The Bertz CT molecular complexity index is 1030. The van der Waals surface area contributed by atoms with Crippen molar-refractivity contribution in [3.05, 3.63) is 42.2 Å². The number of carbonyl (C=O) groups excluding carboxylic acids is 1. The van der Waals surface area contributed by atoms with Crippen molar-refractivity contribution in [2.75, 3.05) is 36.7 Å². The van der Waals surface area contributed by atoms with Crippen LogP contribution in [0, 0.1) is 0 Å². The van der Waals surface area contributed by atoms with Crippen molar-refractivity contribution < 1.29 is 26.7 Å². The number of sulfone groups is 1. The van der Waals surface area contributed by atoms with Gasteiger partial charge in [0.25, 0.3) is 5.91 Å². The maximum Gasteiger partial charge on any atom is 0.257 e. The maximum absolute atomic E-state index is 13.9. The number of pyridine rings is 1. The first-order valence-electron chi connectivity index (χ1n) is 9.37. The lowest BCUT2D eigenvalue weighted by atomic mass is 10.1. The number of hydrogen-bond acceptors (Lipinski definition) is 6. The highest BCUT2D eigenvalue weighted by Gasteiger charge is 2.34. The second-order valence-electron chi connectivity index (χ2n) is 7.15. The van der Waals surface area contributed by atoms with Crippen molar-refractivity contribution in [2.45, 2.75) is 30.1 Å². The number of alkyl halides is 2. The van der Waals surface area contributed by atoms with Gasteiger partial charge in [0, 0.05) is 44.6 Å². The van der Waals surface area contributed by atoms with E-state index in [4.69, 9.17) is 4.74 Å². The van der Waals surface area contributed by atoms with Gasteiger partial charge in [-0.2, -0.15) is 0 Å². The summed E-state index contributed by atoms with van der Waals surface area (Å²) in [6, 6.07) is 5.95. The van der Waals surface area contributed by atoms with Gasteiger partial charge in [-0.15, -0.1) is 0 Å². The van der Waals surface area contributed by atoms with Crippen LogP contribution in [-0.2, 0) is 9.84 Å². The Morgan fingerprint density at radius 1 is 1.23 bits per heavy atom. The average molecular weight is 439 g/mol. The Kier molecular flexibility index (Phi) is 6.25. The molecule has 0 saturated carbocycles. The van der Waals surface area contributed by atoms with Crippen molar-refractivity contribution in [1.82, 2.24) is 4.98 Å². The first-order valence-corrected chi connectivity index (χ1v) is 11.3. The molecule has 162 valence electrons. The van der Waals surface area contributed by atoms with Crippen LogP contribution in [0.15, 0.2) is 41.6 Å². The second-order valence-corrected chi connectivity index (χ2v) is 9.14. The Morgan fingerprint density at radius 2 is 2.00 bits per heavy atom. The van der Waals surface area contributed by atoms with Crippen LogP contribution in [0.4, 0.5) is 20.2 Å². The Hall–Kier alpha value is -2.75. The maximum atomic E-state index is 13.9. The molecule has 1 saturated heterocycles. The molecule has 2 heterocycles. The number of hydrogen-bond donors (Lipinski definition) is 1. The Morgan fingerprint density at radius 3 is 2.63 bits per heavy atom. The predicted molar refractivity (Wildman–Crippen MR) is 109 cm³/mol. The number of halogens is 2. The van der Waals surface area contributed by atoms with Crippen LogP contribution in [0.1, 0.15) is 29.6 Å². The van der Waals surface area contributed by atoms with E-state index in [1.807, 2.05) is 0 Å². The number of carbonyl (C=O) groups is 1. The highest BCUT2D eigenvalue weighted by atomic mass is 32.2. The average Bonchev–Trinajstić information content (AvgIpc) is 2.88. The van der Waals surface area contributed by atoms with E-state index in [-0.39, 0.29) is 53.5 Å². The van der Waals surface area contributed by atoms with Crippen LogP contribution in [0.25, 0.3) is 0 Å². The molecule has 1 aromatic heterocycles. The minimum absolute atomic E-state index is 0.0571. The molecule has 1 aromatic carbocycles. The van der Waals surface area contributed by atoms with Crippen molar-refractivity contribution in [1.29, 1.82) is 0 Å². The number of anilines is 2. The van der Waals surface area contributed by atoms with E-state index >= 15 is 0 Å². The number of benzene rings is 1. The topological polar surface area (TPSA) is 88.6 Å². The van der Waals surface area contributed by atoms with E-state index in [0.29, 0.717) is 0 Å². The van der Waals surface area contributed by atoms with Crippen molar-refractivity contribution in [3.8, 4) is 5.75 Å². The van der Waals surface area contributed by atoms with Gasteiger partial charge >= 0.3 is 0 Å². The van der Waals surface area contributed by atoms with Gasteiger partial charge in [0.05, 0.1) is 23.3 Å². The monoisotopic (exact) mass is 439 g/mol. The molecule has 2 aromatic rings. The molecule has 1 aliphatic rings. The number of nitrogens with one attached hydrogen (secondary N) is 1. The fraction of sp³-hybridized carbons (Fsp3) is 0.400. The lowest BCUT2D eigenvalue weighted by molar-refractivity contribution is -0.0102. The molecule has 0 aliphatic carbocycles. The highest BCUT2D eigenvalue weighted by molar-refractivity contribution is 7.90. The van der Waals surface area contributed by atoms with Gasteiger partial charge in [-0.25, -0.2) is 17.2 Å². The van der Waals surface area contributed by atoms with Gasteiger partial charge in [0.15, 0.2) is 9.84 Å². The highest BCUT2D eigenvalue weighted by Crippen LogP contribution is 2.42. The number of rotatable bonds is 5. The minimum atomic E-state index is -3.72. The zero-order valence-electron chi connectivity index (χ0n) is 16.7. The van der Waals surface area contributed by atoms with E-state index in [1.165, 1.54) is 31.6 Å². The first kappa shape index (κ1) is 21.9. The van der Waals surface area contributed by atoms with Gasteiger partial charge in [0.1, 0.15) is 11.4 Å². The van der Waals surface area contributed by atoms with Gasteiger partial charge in [-0.05, 0) is 30.7 Å². The molecule has 10 heteroatoms. The smallest absolute Gasteiger partial charge is 0.257 e. The molecular weight excluding hydrogens is 416 g/mol. The lowest BCUT2D eigenvalue weighted by Crippen LogP contribution is -2.29. The summed E-state index contributed by atoms with van der Waals surface area (Å²) in [4.78, 5) is 18.2. The van der Waals surface area contributed by atoms with Crippen molar-refractivity contribution in [2.24, 2.45) is 0 Å². The van der Waals surface area contributed by atoms with Crippen LogP contribution in [0.5, 0.6) is 5.75 Å². The number of methoxy groups -OCH3 is 1. The summed E-state index contributed by atoms with van der Waals surface area (Å²) in [5.41, 5.74) is 0.545. The Balaban J connectivity index is 2.13. The summed E-state index contributed by atoms with van der Waals surface area (Å²) >= 11 is 0. The third-order valence-corrected chi connectivity index (χ3v) is 6.05. The summed E-state index contributed by atoms with van der Waals surface area (Å²) in [5.74, 6) is -3.11. The van der Waals surface area contributed by atoms with Gasteiger partial charge in [0.2, 0.25) is 5.92 Å². The second kappa shape index (κ2) is 8.55. The van der Waals surface area contributed by atoms with Gasteiger partial charge in [-0.1, -0.05) is 0 Å². The van der Waals surface area contributed by atoms with E-state index in [9.17, 15) is 22.0 Å². The molecule has 0 atom stereocenters. The number of aromatic nitrogens is 1. The molecule has 1 fully saturated rings. The van der Waals surface area contributed by atoms with E-state index < -0.39 is 28.1 Å². The van der Waals surface area contributed by atoms with E-state index in [2.05, 4.69) is 10.3 Å². The lowest BCUT2D eigenvalue weighted by Gasteiger charge is -2.28. The SMILES string of the molecule is COc1ccc(S(C)(=O)=O)c(N2CCCC(F)(F)CC2)c1NC(=O)c1cccnc1. The summed E-state index contributed by atoms with van der Waals surface area (Å²) < 4.78 is 58.1. The van der Waals surface area contributed by atoms with Crippen LogP contribution in [0.3, 0.4) is 0 Å². The molecule has 3 rings (SSSR count). The van der Waals surface area contributed by atoms with E-state index in [1.54, 1.807) is 17.0 Å². The molecule has 1 N–H and O–H groups in total. The van der Waals surface area contributed by atoms with Crippen molar-refractivity contribution >= 4 is 27.1 Å².